The van der Waals surface area contributed by atoms with Crippen LogP contribution in [0.4, 0.5) is 18.0 Å². The first-order valence-corrected chi connectivity index (χ1v) is 15.1. The molecule has 218 valence electrons. The highest BCUT2D eigenvalue weighted by atomic mass is 32.1. The molecule has 3 amide bonds. The van der Waals surface area contributed by atoms with Crippen molar-refractivity contribution in [2.24, 2.45) is 5.41 Å². The van der Waals surface area contributed by atoms with E-state index in [2.05, 4.69) is 19.2 Å². The number of likely N-dealkylation sites (N-methyl/N-ethyl adjacent to an activating group) is 1. The molecule has 0 unspecified atom stereocenters. The first kappa shape index (κ1) is 28.9. The zero-order chi connectivity index (χ0) is 28.7. The molecular weight excluding hydrogens is 537 g/mol. The Bertz CT molecular complexity index is 1200. The van der Waals surface area contributed by atoms with Crippen molar-refractivity contribution in [2.75, 3.05) is 33.2 Å². The van der Waals surface area contributed by atoms with E-state index in [0.717, 1.165) is 42.9 Å². The minimum absolute atomic E-state index is 0.0538. The van der Waals surface area contributed by atoms with Gasteiger partial charge in [0.25, 0.3) is 5.91 Å². The molecule has 3 aliphatic rings. The maximum atomic E-state index is 13.3. The number of rotatable bonds is 5. The van der Waals surface area contributed by atoms with E-state index < -0.39 is 11.7 Å². The second-order valence-electron chi connectivity index (χ2n) is 12.4. The van der Waals surface area contributed by atoms with Gasteiger partial charge in [0.1, 0.15) is 0 Å². The molecule has 2 saturated heterocycles. The van der Waals surface area contributed by atoms with Gasteiger partial charge in [-0.15, -0.1) is 11.3 Å². The molecule has 2 atom stereocenters. The molecule has 1 saturated carbocycles. The number of likely N-dealkylation sites (tertiary alicyclic amines) is 2. The van der Waals surface area contributed by atoms with Gasteiger partial charge in [-0.2, -0.15) is 13.2 Å². The molecule has 3 fully saturated rings. The zero-order valence-electron chi connectivity index (χ0n) is 23.5. The average molecular weight is 577 g/mol. The summed E-state index contributed by atoms with van der Waals surface area (Å²) in [5.41, 5.74) is 0.385. The summed E-state index contributed by atoms with van der Waals surface area (Å²) in [7, 11) is 1.76. The van der Waals surface area contributed by atoms with E-state index in [4.69, 9.17) is 0 Å². The van der Waals surface area contributed by atoms with Crippen molar-refractivity contribution in [1.82, 2.24) is 20.0 Å². The lowest BCUT2D eigenvalue weighted by molar-refractivity contribution is -0.137. The van der Waals surface area contributed by atoms with E-state index >= 15 is 0 Å². The lowest BCUT2D eigenvalue weighted by atomic mass is 9.75. The van der Waals surface area contributed by atoms with Crippen LogP contribution in [0.25, 0.3) is 10.4 Å². The molecule has 2 aliphatic heterocycles. The van der Waals surface area contributed by atoms with Crippen LogP contribution in [-0.2, 0) is 6.18 Å². The number of hydrogen-bond donors (Lipinski definition) is 1. The number of thiophene rings is 1. The van der Waals surface area contributed by atoms with Gasteiger partial charge >= 0.3 is 12.2 Å². The standard InChI is InChI=1S/C30H39F3N4O2S/c1-29(2)14-10-22(11-15-29)34-23-12-16-36(18-23)28(39)37-17-13-24(19-37)35(3)27(38)26-9-8-25(40-26)20-4-6-21(7-5-20)30(31,32)33/h4-9,22-24,34H,10-19H2,1-3H3/t23-,24+/m1/s1. The van der Waals surface area contributed by atoms with Gasteiger partial charge in [0.15, 0.2) is 0 Å². The van der Waals surface area contributed by atoms with Gasteiger partial charge in [0.05, 0.1) is 16.5 Å². The van der Waals surface area contributed by atoms with Crippen LogP contribution in [0.2, 0.25) is 0 Å². The van der Waals surface area contributed by atoms with Crippen LogP contribution in [0.3, 0.4) is 0 Å². The molecule has 3 heterocycles. The van der Waals surface area contributed by atoms with Crippen molar-refractivity contribution >= 4 is 23.3 Å². The third-order valence-electron chi connectivity index (χ3n) is 8.88. The largest absolute Gasteiger partial charge is 0.416 e. The number of nitrogens with zero attached hydrogens (tertiary/aromatic N) is 3. The Morgan fingerprint density at radius 1 is 0.925 bits per heavy atom. The molecule has 1 N–H and O–H groups in total. The summed E-state index contributed by atoms with van der Waals surface area (Å²) in [6, 6.07) is 9.33. The normalized spacial score (nSPS) is 23.6. The molecule has 6 nitrogen and oxygen atoms in total. The van der Waals surface area contributed by atoms with Gasteiger partial charge in [0, 0.05) is 50.2 Å². The first-order valence-electron chi connectivity index (χ1n) is 14.2. The lowest BCUT2D eigenvalue weighted by Crippen LogP contribution is -2.46. The number of halogens is 3. The van der Waals surface area contributed by atoms with E-state index in [1.54, 1.807) is 24.1 Å². The fraction of sp³-hybridized carbons (Fsp3) is 0.600. The number of benzene rings is 1. The average Bonchev–Trinajstić information content (AvgIpc) is 3.69. The maximum Gasteiger partial charge on any atom is 0.416 e. The van der Waals surface area contributed by atoms with E-state index in [-0.39, 0.29) is 18.0 Å². The molecule has 5 rings (SSSR count). The van der Waals surface area contributed by atoms with Gasteiger partial charge in [-0.05, 0) is 73.8 Å². The van der Waals surface area contributed by atoms with Crippen molar-refractivity contribution in [1.29, 1.82) is 0 Å². The summed E-state index contributed by atoms with van der Waals surface area (Å²) in [6.07, 6.45) is 2.18. The second-order valence-corrected chi connectivity index (χ2v) is 13.4. The van der Waals surface area contributed by atoms with Crippen molar-refractivity contribution in [3.8, 4) is 10.4 Å². The maximum absolute atomic E-state index is 13.3. The van der Waals surface area contributed by atoms with E-state index in [1.165, 1.54) is 49.2 Å². The Kier molecular flexibility index (Phi) is 8.21. The van der Waals surface area contributed by atoms with E-state index in [9.17, 15) is 22.8 Å². The molecule has 0 spiro atoms. The smallest absolute Gasteiger partial charge is 0.336 e. The summed E-state index contributed by atoms with van der Waals surface area (Å²) in [5, 5.41) is 3.80. The Morgan fingerprint density at radius 2 is 1.57 bits per heavy atom. The fourth-order valence-corrected chi connectivity index (χ4v) is 7.17. The minimum atomic E-state index is -4.38. The third-order valence-corrected chi connectivity index (χ3v) is 10.0. The molecule has 2 aromatic rings. The first-order chi connectivity index (χ1) is 18.9. The molecule has 1 aliphatic carbocycles. The van der Waals surface area contributed by atoms with Gasteiger partial charge in [0.2, 0.25) is 0 Å². The van der Waals surface area contributed by atoms with Gasteiger partial charge in [-0.25, -0.2) is 4.79 Å². The van der Waals surface area contributed by atoms with E-state index in [1.807, 2.05) is 9.80 Å². The molecule has 0 radical (unpaired) electrons. The van der Waals surface area contributed by atoms with Crippen LogP contribution in [0.5, 0.6) is 0 Å². The SMILES string of the molecule is CN(C(=O)c1ccc(-c2ccc(C(F)(F)F)cc2)s1)[C@H]1CCN(C(=O)N2CC[C@@H](NC3CCC(C)(C)CC3)C2)C1. The quantitative estimate of drug-likeness (QED) is 0.453. The monoisotopic (exact) mass is 576 g/mol. The molecule has 1 aromatic carbocycles. The summed E-state index contributed by atoms with van der Waals surface area (Å²) in [5.74, 6) is -0.136. The third kappa shape index (κ3) is 6.48. The van der Waals surface area contributed by atoms with Gasteiger partial charge in [-0.1, -0.05) is 26.0 Å². The zero-order valence-corrected chi connectivity index (χ0v) is 24.3. The van der Waals surface area contributed by atoms with Crippen LogP contribution in [0.15, 0.2) is 36.4 Å². The number of amides is 3. The van der Waals surface area contributed by atoms with Crippen molar-refractivity contribution in [3.63, 3.8) is 0 Å². The van der Waals surface area contributed by atoms with Crippen molar-refractivity contribution < 1.29 is 22.8 Å². The number of nitrogens with one attached hydrogen (secondary N) is 1. The number of urea groups is 1. The molecule has 10 heteroatoms. The molecule has 40 heavy (non-hydrogen) atoms. The Morgan fingerprint density at radius 3 is 2.25 bits per heavy atom. The highest BCUT2D eigenvalue weighted by Crippen LogP contribution is 2.36. The van der Waals surface area contributed by atoms with Crippen LogP contribution in [-0.4, -0.2) is 78.0 Å². The Balaban J connectivity index is 1.12. The summed E-state index contributed by atoms with van der Waals surface area (Å²) in [4.78, 5) is 33.3. The predicted molar refractivity (Wildman–Crippen MR) is 151 cm³/mol. The van der Waals surface area contributed by atoms with Crippen LogP contribution < -0.4 is 5.32 Å². The molecule has 1 aromatic heterocycles. The fourth-order valence-electron chi connectivity index (χ4n) is 6.17. The van der Waals surface area contributed by atoms with Crippen molar-refractivity contribution in [2.45, 2.75) is 76.7 Å². The number of carbonyl (C=O) groups is 2. The van der Waals surface area contributed by atoms with Crippen LogP contribution in [0, 0.1) is 5.41 Å². The van der Waals surface area contributed by atoms with Gasteiger partial charge in [-0.3, -0.25) is 4.79 Å². The highest BCUT2D eigenvalue weighted by molar-refractivity contribution is 7.17. The lowest BCUT2D eigenvalue weighted by Gasteiger charge is -2.36. The topological polar surface area (TPSA) is 55.9 Å². The predicted octanol–water partition coefficient (Wildman–Crippen LogP) is 6.33. The summed E-state index contributed by atoms with van der Waals surface area (Å²) >= 11 is 1.27. The van der Waals surface area contributed by atoms with Crippen molar-refractivity contribution in [3.05, 3.63) is 46.8 Å². The minimum Gasteiger partial charge on any atom is -0.336 e. The number of hydrogen-bond acceptors (Lipinski definition) is 4. The van der Waals surface area contributed by atoms with Gasteiger partial charge < -0.3 is 20.0 Å². The van der Waals surface area contributed by atoms with E-state index in [0.29, 0.717) is 41.0 Å². The Labute approximate surface area is 238 Å². The van der Waals surface area contributed by atoms with Crippen LogP contribution >= 0.6 is 11.3 Å². The number of alkyl halides is 3. The summed E-state index contributed by atoms with van der Waals surface area (Å²) in [6.45, 7) is 7.30. The summed E-state index contributed by atoms with van der Waals surface area (Å²) < 4.78 is 38.6. The van der Waals surface area contributed by atoms with Crippen LogP contribution in [0.1, 0.15) is 67.6 Å². The number of carbonyl (C=O) groups excluding carboxylic acids is 2. The second kappa shape index (κ2) is 11.4. The molecular formula is C30H39F3N4O2S. The Hall–Kier alpha value is -2.59. The molecule has 0 bridgehead atoms. The highest BCUT2D eigenvalue weighted by Gasteiger charge is 2.37.